The van der Waals surface area contributed by atoms with Crippen molar-refractivity contribution in [3.63, 3.8) is 0 Å². The van der Waals surface area contributed by atoms with Gasteiger partial charge in [0, 0.05) is 28.4 Å². The van der Waals surface area contributed by atoms with Crippen molar-refractivity contribution in [2.75, 3.05) is 26.6 Å². The molecule has 0 atom stereocenters. The van der Waals surface area contributed by atoms with Crippen LogP contribution < -0.4 is 19.5 Å². The summed E-state index contributed by atoms with van der Waals surface area (Å²) in [7, 11) is 4.59. The number of carbonyl (C=O) groups excluding carboxylic acids is 1. The minimum atomic E-state index is -0.277. The van der Waals surface area contributed by atoms with Gasteiger partial charge in [0.25, 0.3) is 5.91 Å². The molecule has 0 aliphatic heterocycles. The van der Waals surface area contributed by atoms with Crippen LogP contribution in [0.3, 0.4) is 0 Å². The fraction of sp³-hybridized carbons (Fsp3) is 0.227. The lowest BCUT2D eigenvalue weighted by Gasteiger charge is -2.15. The molecule has 3 heterocycles. The minimum Gasteiger partial charge on any atom is -0.493 e. The predicted molar refractivity (Wildman–Crippen MR) is 120 cm³/mol. The van der Waals surface area contributed by atoms with Gasteiger partial charge in [-0.15, -0.1) is 11.3 Å². The highest BCUT2D eigenvalue weighted by atomic mass is 32.1. The van der Waals surface area contributed by atoms with Gasteiger partial charge in [0.15, 0.2) is 17.1 Å². The van der Waals surface area contributed by atoms with E-state index in [9.17, 15) is 4.79 Å². The highest BCUT2D eigenvalue weighted by Gasteiger charge is 2.19. The Balaban J connectivity index is 1.69. The zero-order valence-electron chi connectivity index (χ0n) is 17.6. The Hall–Kier alpha value is -3.59. The van der Waals surface area contributed by atoms with Crippen LogP contribution >= 0.6 is 11.3 Å². The number of anilines is 1. The van der Waals surface area contributed by atoms with E-state index in [4.69, 9.17) is 14.2 Å². The lowest BCUT2D eigenvalue weighted by molar-refractivity contribution is 0.102. The number of aryl methyl sites for hydroxylation is 1. The largest absolute Gasteiger partial charge is 0.493 e. The molecule has 0 aliphatic carbocycles. The Kier molecular flexibility index (Phi) is 5.77. The molecule has 1 aromatic carbocycles. The molecule has 0 saturated carbocycles. The van der Waals surface area contributed by atoms with Gasteiger partial charge in [-0.1, -0.05) is 6.07 Å². The number of methoxy groups -OCH3 is 3. The molecular formula is C22H22N4O4S. The summed E-state index contributed by atoms with van der Waals surface area (Å²) in [5.74, 6) is 1.09. The molecule has 31 heavy (non-hydrogen) atoms. The molecule has 1 N–H and O–H groups in total. The number of amides is 1. The van der Waals surface area contributed by atoms with Crippen molar-refractivity contribution in [3.8, 4) is 17.2 Å². The van der Waals surface area contributed by atoms with Crippen LogP contribution in [-0.4, -0.2) is 42.0 Å². The Morgan fingerprint density at radius 3 is 2.48 bits per heavy atom. The predicted octanol–water partition coefficient (Wildman–Crippen LogP) is 4.13. The number of carbonyl (C=O) groups is 1. The molecule has 8 nitrogen and oxygen atoms in total. The zero-order valence-corrected chi connectivity index (χ0v) is 18.4. The molecule has 160 valence electrons. The van der Waals surface area contributed by atoms with Crippen molar-refractivity contribution in [2.45, 2.75) is 13.5 Å². The van der Waals surface area contributed by atoms with Crippen LogP contribution in [0, 0.1) is 6.92 Å². The van der Waals surface area contributed by atoms with E-state index in [1.165, 1.54) is 21.3 Å². The average Bonchev–Trinajstić information content (AvgIpc) is 3.43. The maximum atomic E-state index is 13.2. The highest BCUT2D eigenvalue weighted by Crippen LogP contribution is 2.40. The van der Waals surface area contributed by atoms with Crippen LogP contribution in [0.4, 0.5) is 5.69 Å². The van der Waals surface area contributed by atoms with Gasteiger partial charge in [-0.25, -0.2) is 9.67 Å². The summed E-state index contributed by atoms with van der Waals surface area (Å²) >= 11 is 1.65. The van der Waals surface area contributed by atoms with Crippen molar-refractivity contribution in [1.29, 1.82) is 0 Å². The number of benzene rings is 1. The third kappa shape index (κ3) is 4.04. The summed E-state index contributed by atoms with van der Waals surface area (Å²) in [4.78, 5) is 18.9. The third-order valence-electron chi connectivity index (χ3n) is 4.79. The van der Waals surface area contributed by atoms with E-state index in [1.54, 1.807) is 35.7 Å². The first-order chi connectivity index (χ1) is 15.0. The Bertz CT molecular complexity index is 1210. The second-order valence-corrected chi connectivity index (χ2v) is 7.83. The van der Waals surface area contributed by atoms with Crippen molar-refractivity contribution in [1.82, 2.24) is 14.8 Å². The smallest absolute Gasteiger partial charge is 0.256 e. The lowest BCUT2D eigenvalue weighted by atomic mass is 10.1. The highest BCUT2D eigenvalue weighted by molar-refractivity contribution is 7.09. The molecule has 0 radical (unpaired) electrons. The first kappa shape index (κ1) is 20.7. The minimum absolute atomic E-state index is 0.277. The topological polar surface area (TPSA) is 87.5 Å². The van der Waals surface area contributed by atoms with Crippen LogP contribution in [0.2, 0.25) is 0 Å². The van der Waals surface area contributed by atoms with Gasteiger partial charge in [0.05, 0.1) is 45.0 Å². The van der Waals surface area contributed by atoms with E-state index in [1.807, 2.05) is 29.1 Å². The zero-order chi connectivity index (χ0) is 22.0. The van der Waals surface area contributed by atoms with E-state index in [0.29, 0.717) is 46.1 Å². The number of nitrogens with zero attached hydrogens (tertiary/aromatic N) is 3. The van der Waals surface area contributed by atoms with Crippen molar-refractivity contribution >= 4 is 34.0 Å². The summed E-state index contributed by atoms with van der Waals surface area (Å²) in [6, 6.07) is 9.18. The molecule has 9 heteroatoms. The van der Waals surface area contributed by atoms with E-state index in [2.05, 4.69) is 15.4 Å². The van der Waals surface area contributed by atoms with Gasteiger partial charge >= 0.3 is 0 Å². The molecule has 0 spiro atoms. The number of aromatic nitrogens is 3. The molecule has 1 amide bonds. The molecule has 3 aromatic heterocycles. The maximum absolute atomic E-state index is 13.2. The molecule has 4 rings (SSSR count). The summed E-state index contributed by atoms with van der Waals surface area (Å²) in [5, 5.41) is 10.1. The fourth-order valence-corrected chi connectivity index (χ4v) is 4.06. The van der Waals surface area contributed by atoms with E-state index >= 15 is 0 Å². The second kappa shape index (κ2) is 8.65. The standard InChI is InChI=1S/C22H22N4O4S/c1-13-8-16(17-11-23-26(21(17)24-13)12-15-6-5-7-31-15)22(27)25-14-9-18(28-2)20(30-4)19(10-14)29-3/h5-11H,12H2,1-4H3,(H,25,27). The molecule has 0 fully saturated rings. The quantitative estimate of drug-likeness (QED) is 0.467. The van der Waals surface area contributed by atoms with Crippen LogP contribution in [0.1, 0.15) is 20.9 Å². The van der Waals surface area contributed by atoms with Gasteiger partial charge < -0.3 is 19.5 Å². The normalized spacial score (nSPS) is 10.8. The maximum Gasteiger partial charge on any atom is 0.256 e. The summed E-state index contributed by atoms with van der Waals surface area (Å²) < 4.78 is 17.9. The molecule has 0 unspecified atom stereocenters. The Morgan fingerprint density at radius 2 is 1.87 bits per heavy atom. The number of pyridine rings is 1. The fourth-order valence-electron chi connectivity index (χ4n) is 3.38. The molecule has 0 aliphatic rings. The monoisotopic (exact) mass is 438 g/mol. The Labute approximate surface area is 183 Å². The first-order valence-corrected chi connectivity index (χ1v) is 10.4. The second-order valence-electron chi connectivity index (χ2n) is 6.80. The lowest BCUT2D eigenvalue weighted by Crippen LogP contribution is -2.13. The first-order valence-electron chi connectivity index (χ1n) is 9.51. The van der Waals surface area contributed by atoms with Crippen LogP contribution in [0.25, 0.3) is 11.0 Å². The average molecular weight is 439 g/mol. The molecule has 0 bridgehead atoms. The van der Waals surface area contributed by atoms with Crippen molar-refractivity contribution in [2.24, 2.45) is 0 Å². The molecule has 0 saturated heterocycles. The number of thiophene rings is 1. The van der Waals surface area contributed by atoms with Gasteiger partial charge in [0.2, 0.25) is 5.75 Å². The molecule has 4 aromatic rings. The van der Waals surface area contributed by atoms with Crippen LogP contribution in [0.5, 0.6) is 17.2 Å². The van der Waals surface area contributed by atoms with E-state index in [0.717, 1.165) is 10.6 Å². The van der Waals surface area contributed by atoms with Gasteiger partial charge in [-0.2, -0.15) is 5.10 Å². The van der Waals surface area contributed by atoms with E-state index in [-0.39, 0.29) is 5.91 Å². The number of hydrogen-bond acceptors (Lipinski definition) is 7. The van der Waals surface area contributed by atoms with Gasteiger partial charge in [0.1, 0.15) is 0 Å². The number of ether oxygens (including phenoxy) is 3. The van der Waals surface area contributed by atoms with Crippen LogP contribution in [-0.2, 0) is 6.54 Å². The van der Waals surface area contributed by atoms with Crippen LogP contribution in [0.15, 0.2) is 41.9 Å². The third-order valence-corrected chi connectivity index (χ3v) is 5.65. The van der Waals surface area contributed by atoms with Crippen molar-refractivity contribution in [3.05, 3.63) is 58.0 Å². The number of nitrogens with one attached hydrogen (secondary N) is 1. The van der Waals surface area contributed by atoms with Gasteiger partial charge in [-0.3, -0.25) is 4.79 Å². The van der Waals surface area contributed by atoms with E-state index < -0.39 is 0 Å². The molecular weight excluding hydrogens is 416 g/mol. The number of rotatable bonds is 7. The number of fused-ring (bicyclic) bond motifs is 1. The van der Waals surface area contributed by atoms with Crippen molar-refractivity contribution < 1.29 is 19.0 Å². The summed E-state index contributed by atoms with van der Waals surface area (Å²) in [6.45, 7) is 2.46. The number of hydrogen-bond donors (Lipinski definition) is 1. The SMILES string of the molecule is COc1cc(NC(=O)c2cc(C)nc3c2cnn3Cc2cccs2)cc(OC)c1OC. The summed E-state index contributed by atoms with van der Waals surface area (Å²) in [6.07, 6.45) is 1.68. The Morgan fingerprint density at radius 1 is 1.13 bits per heavy atom. The summed E-state index contributed by atoms with van der Waals surface area (Å²) in [5.41, 5.74) is 2.42. The van der Waals surface area contributed by atoms with Gasteiger partial charge in [-0.05, 0) is 24.4 Å².